The highest BCUT2D eigenvalue weighted by molar-refractivity contribution is 5.83. The van der Waals surface area contributed by atoms with Gasteiger partial charge in [0.2, 0.25) is 0 Å². The van der Waals surface area contributed by atoms with Gasteiger partial charge in [0.05, 0.1) is 31.9 Å². The molecule has 0 radical (unpaired) electrons. The van der Waals surface area contributed by atoms with Crippen LogP contribution in [-0.2, 0) is 20.9 Å². The van der Waals surface area contributed by atoms with Gasteiger partial charge in [-0.05, 0) is 80.7 Å². The first-order valence-corrected chi connectivity index (χ1v) is 14.3. The van der Waals surface area contributed by atoms with Crippen LogP contribution in [0.1, 0.15) is 44.6 Å². The molecule has 2 aromatic rings. The number of carbonyl (C=O) groups is 2. The lowest BCUT2D eigenvalue weighted by Gasteiger charge is -2.37. The Morgan fingerprint density at radius 2 is 1.68 bits per heavy atom. The number of ether oxygens (including phenoxy) is 3. The van der Waals surface area contributed by atoms with Gasteiger partial charge in [-0.25, -0.2) is 0 Å². The van der Waals surface area contributed by atoms with Gasteiger partial charge in [-0.2, -0.15) is 13.2 Å². The van der Waals surface area contributed by atoms with Crippen molar-refractivity contribution in [2.45, 2.75) is 76.0 Å². The third kappa shape index (κ3) is 6.97. The van der Waals surface area contributed by atoms with Crippen molar-refractivity contribution in [1.29, 1.82) is 0 Å². The molecule has 222 valence electrons. The van der Waals surface area contributed by atoms with Gasteiger partial charge in [-0.3, -0.25) is 9.59 Å². The Bertz CT molecular complexity index is 1190. The van der Waals surface area contributed by atoms with Crippen LogP contribution in [0, 0.1) is 11.8 Å². The molecule has 0 spiro atoms. The third-order valence-corrected chi connectivity index (χ3v) is 8.66. The Morgan fingerprint density at radius 1 is 0.951 bits per heavy atom. The van der Waals surface area contributed by atoms with Gasteiger partial charge >= 0.3 is 12.1 Å². The zero-order valence-corrected chi connectivity index (χ0v) is 23.4. The molecule has 3 aliphatic rings. The number of para-hydroxylation sites is 1. The van der Waals surface area contributed by atoms with Gasteiger partial charge in [0, 0.05) is 12.6 Å². The van der Waals surface area contributed by atoms with Crippen molar-refractivity contribution in [3.8, 4) is 11.5 Å². The second-order valence-corrected chi connectivity index (χ2v) is 11.4. The van der Waals surface area contributed by atoms with Crippen molar-refractivity contribution >= 4 is 11.8 Å². The second-order valence-electron chi connectivity index (χ2n) is 11.4. The smallest absolute Gasteiger partial charge is 0.471 e. The van der Waals surface area contributed by atoms with E-state index in [0.29, 0.717) is 23.0 Å². The molecule has 3 fully saturated rings. The van der Waals surface area contributed by atoms with Gasteiger partial charge in [-0.1, -0.05) is 30.3 Å². The summed E-state index contributed by atoms with van der Waals surface area (Å²) in [6.07, 6.45) is -0.752. The van der Waals surface area contributed by atoms with E-state index >= 15 is 0 Å². The van der Waals surface area contributed by atoms with Crippen LogP contribution in [0.2, 0.25) is 0 Å². The molecule has 6 atom stereocenters. The van der Waals surface area contributed by atoms with Gasteiger partial charge in [0.1, 0.15) is 11.5 Å². The van der Waals surface area contributed by atoms with Gasteiger partial charge in [0.15, 0.2) is 6.61 Å². The van der Waals surface area contributed by atoms with E-state index in [0.717, 1.165) is 30.1 Å². The van der Waals surface area contributed by atoms with E-state index in [4.69, 9.17) is 14.2 Å². The van der Waals surface area contributed by atoms with E-state index in [-0.39, 0.29) is 38.2 Å². The minimum Gasteiger partial charge on any atom is -0.497 e. The number of alkyl halides is 3. The molecule has 2 amide bonds. The Balaban J connectivity index is 1.39. The Kier molecular flexibility index (Phi) is 8.77. The molecule has 5 rings (SSSR count). The number of rotatable bonds is 10. The summed E-state index contributed by atoms with van der Waals surface area (Å²) in [5, 5.41) is 0. The first kappa shape index (κ1) is 29.2. The summed E-state index contributed by atoms with van der Waals surface area (Å²) in [6.45, 7) is 1.33. The van der Waals surface area contributed by atoms with E-state index in [2.05, 4.69) is 0 Å². The fourth-order valence-corrected chi connectivity index (χ4v) is 6.45. The number of methoxy groups -OCH3 is 1. The Hall–Kier alpha value is -3.27. The number of hydrogen-bond donors (Lipinski definition) is 0. The first-order chi connectivity index (χ1) is 19.6. The first-order valence-electron chi connectivity index (χ1n) is 14.3. The molecule has 1 heterocycles. The topological polar surface area (TPSA) is 68.3 Å². The van der Waals surface area contributed by atoms with E-state index < -0.39 is 30.2 Å². The Labute approximate surface area is 238 Å². The summed E-state index contributed by atoms with van der Waals surface area (Å²) in [4.78, 5) is 28.8. The molecule has 1 saturated heterocycles. The number of halogens is 3. The second kappa shape index (κ2) is 12.3. The SMILES string of the molecule is COc1ccc(CN(C(=O)C(F)(F)F)[C@H]2C[C@@H](C)N(C(=O)COc3ccccc3)[C@H]2CO[C@@H]2CCC3C[C@H]3C2)cc1. The Morgan fingerprint density at radius 3 is 2.34 bits per heavy atom. The molecular weight excluding hydrogens is 537 g/mol. The van der Waals surface area contributed by atoms with Crippen molar-refractivity contribution in [1.82, 2.24) is 9.80 Å². The lowest BCUT2D eigenvalue weighted by Crippen LogP contribution is -2.55. The van der Waals surface area contributed by atoms with Gasteiger partial charge in [0.25, 0.3) is 5.91 Å². The summed E-state index contributed by atoms with van der Waals surface area (Å²) in [6, 6.07) is 13.4. The maximum Gasteiger partial charge on any atom is 0.471 e. The van der Waals surface area contributed by atoms with Crippen LogP contribution in [0.25, 0.3) is 0 Å². The fraction of sp³-hybridized carbons (Fsp3) is 0.548. The normalized spacial score (nSPS) is 27.2. The highest BCUT2D eigenvalue weighted by Gasteiger charge is 2.52. The average Bonchev–Trinajstić information content (AvgIpc) is 3.67. The van der Waals surface area contributed by atoms with Gasteiger partial charge < -0.3 is 24.0 Å². The van der Waals surface area contributed by atoms with Crippen LogP contribution >= 0.6 is 0 Å². The van der Waals surface area contributed by atoms with Crippen molar-refractivity contribution in [2.75, 3.05) is 20.3 Å². The average molecular weight is 575 g/mol. The number of benzene rings is 2. The van der Waals surface area contributed by atoms with E-state index in [9.17, 15) is 22.8 Å². The quantitative estimate of drug-likeness (QED) is 0.389. The van der Waals surface area contributed by atoms with Gasteiger partial charge in [-0.15, -0.1) is 0 Å². The summed E-state index contributed by atoms with van der Waals surface area (Å²) >= 11 is 0. The number of nitrogens with zero attached hydrogens (tertiary/aromatic N) is 2. The van der Waals surface area contributed by atoms with Crippen molar-refractivity contribution in [2.24, 2.45) is 11.8 Å². The highest BCUT2D eigenvalue weighted by Crippen LogP contribution is 2.50. The van der Waals surface area contributed by atoms with Crippen LogP contribution < -0.4 is 9.47 Å². The predicted molar refractivity (Wildman–Crippen MR) is 145 cm³/mol. The molecule has 41 heavy (non-hydrogen) atoms. The third-order valence-electron chi connectivity index (χ3n) is 8.66. The van der Waals surface area contributed by atoms with Crippen molar-refractivity contribution in [3.63, 3.8) is 0 Å². The maximum atomic E-state index is 13.9. The minimum absolute atomic E-state index is 0.00110. The van der Waals surface area contributed by atoms with E-state index in [1.165, 1.54) is 13.5 Å². The molecule has 0 aromatic heterocycles. The number of carbonyl (C=O) groups excluding carboxylic acids is 2. The lowest BCUT2D eigenvalue weighted by molar-refractivity contribution is -0.189. The highest BCUT2D eigenvalue weighted by atomic mass is 19.4. The molecular formula is C31H37F3N2O5. The summed E-state index contributed by atoms with van der Waals surface area (Å²) < 4.78 is 59.0. The summed E-state index contributed by atoms with van der Waals surface area (Å²) in [7, 11) is 1.50. The molecule has 2 saturated carbocycles. The standard InChI is InChI=1S/C31H37F3N2O5/c1-20-14-27(35(30(38)31(32,33)34)17-21-8-11-24(39-2)12-9-21)28(18-40-26-13-10-22-15-23(22)16-26)36(20)29(37)19-41-25-6-4-3-5-7-25/h3-9,11-12,20,22-23,26-28H,10,13-19H2,1-2H3/t20-,22?,23+,26-,27+,28+/m1/s1. The van der Waals surface area contributed by atoms with Crippen molar-refractivity contribution < 1.29 is 37.0 Å². The summed E-state index contributed by atoms with van der Waals surface area (Å²) in [5.41, 5.74) is 0.528. The molecule has 2 aromatic carbocycles. The zero-order valence-electron chi connectivity index (χ0n) is 23.4. The largest absolute Gasteiger partial charge is 0.497 e. The molecule has 7 nitrogen and oxygen atoms in total. The number of hydrogen-bond acceptors (Lipinski definition) is 5. The minimum atomic E-state index is -5.07. The van der Waals surface area contributed by atoms with Crippen molar-refractivity contribution in [3.05, 3.63) is 60.2 Å². The predicted octanol–water partition coefficient (Wildman–Crippen LogP) is 5.23. The molecule has 0 bridgehead atoms. The molecule has 2 aliphatic carbocycles. The van der Waals surface area contributed by atoms with Crippen LogP contribution in [-0.4, -0.2) is 72.3 Å². The maximum absolute atomic E-state index is 13.9. The monoisotopic (exact) mass is 574 g/mol. The van der Waals surface area contributed by atoms with Crippen LogP contribution in [0.3, 0.4) is 0 Å². The van der Waals surface area contributed by atoms with E-state index in [1.807, 2.05) is 6.07 Å². The van der Waals surface area contributed by atoms with Crippen LogP contribution in [0.5, 0.6) is 11.5 Å². The molecule has 1 aliphatic heterocycles. The van der Waals surface area contributed by atoms with Crippen LogP contribution in [0.15, 0.2) is 54.6 Å². The van der Waals surface area contributed by atoms with E-state index in [1.54, 1.807) is 60.4 Å². The molecule has 1 unspecified atom stereocenters. The lowest BCUT2D eigenvalue weighted by atomic mass is 9.97. The fourth-order valence-electron chi connectivity index (χ4n) is 6.45. The molecule has 10 heteroatoms. The zero-order chi connectivity index (χ0) is 29.1. The number of fused-ring (bicyclic) bond motifs is 1. The van der Waals surface area contributed by atoms with Crippen LogP contribution in [0.4, 0.5) is 13.2 Å². The number of amides is 2. The molecule has 0 N–H and O–H groups in total. The summed E-state index contributed by atoms with van der Waals surface area (Å²) in [5.74, 6) is 0.223. The number of likely N-dealkylation sites (tertiary alicyclic amines) is 1.